The van der Waals surface area contributed by atoms with Crippen molar-refractivity contribution < 1.29 is 34.9 Å². The van der Waals surface area contributed by atoms with Crippen molar-refractivity contribution in [3.63, 3.8) is 0 Å². The van der Waals surface area contributed by atoms with Gasteiger partial charge < -0.3 is 26.7 Å². The molecule has 2 aliphatic heterocycles. The first-order valence-corrected chi connectivity index (χ1v) is 11.5. The van der Waals surface area contributed by atoms with Crippen molar-refractivity contribution in [3.05, 3.63) is 76.5 Å². The summed E-state index contributed by atoms with van der Waals surface area (Å²) >= 11 is 7.20. The van der Waals surface area contributed by atoms with Crippen LogP contribution >= 0.6 is 23.4 Å². The van der Waals surface area contributed by atoms with Crippen LogP contribution in [0.1, 0.15) is 28.9 Å². The number of carbonyl (C=O) groups excluding carboxylic acids is 3. The molecule has 4 rings (SSSR count). The number of aromatic hydroxyl groups is 1. The van der Waals surface area contributed by atoms with Crippen LogP contribution in [-0.4, -0.2) is 61.3 Å². The van der Waals surface area contributed by atoms with Crippen molar-refractivity contribution in [2.75, 3.05) is 5.75 Å². The Hall–Kier alpha value is -3.38. The van der Waals surface area contributed by atoms with E-state index >= 15 is 0 Å². The van der Waals surface area contributed by atoms with Gasteiger partial charge in [0.15, 0.2) is 5.78 Å². The number of nitrogens with one attached hydrogen (secondary N) is 1. The zero-order valence-electron chi connectivity index (χ0n) is 18.5. The SMILES string of the molecule is CC(=O)c1cccc(O)c1.N[C@@H](C(=O)N[C@@H]1C(=O)N2C(C(=O)O)=C(Cl)CS[C@H]12)c1ccccc1.O. The molecule has 0 aromatic heterocycles. The van der Waals surface area contributed by atoms with Gasteiger partial charge in [-0.05, 0) is 24.6 Å². The number of β-lactam (4-membered cyclic amide) rings is 1. The number of nitrogens with zero attached hydrogens (tertiary/aromatic N) is 1. The number of carbonyl (C=O) groups is 4. The molecule has 1 fully saturated rings. The van der Waals surface area contributed by atoms with Crippen LogP contribution in [0.25, 0.3) is 0 Å². The average molecular weight is 522 g/mol. The zero-order valence-corrected chi connectivity index (χ0v) is 20.0. The summed E-state index contributed by atoms with van der Waals surface area (Å²) in [6.45, 7) is 1.47. The van der Waals surface area contributed by atoms with E-state index in [4.69, 9.17) is 22.4 Å². The number of benzene rings is 2. The maximum atomic E-state index is 12.3. The fraction of sp³-hybridized carbons (Fsp3) is 0.217. The van der Waals surface area contributed by atoms with Crippen LogP contribution in [0, 0.1) is 0 Å². The molecule has 0 unspecified atom stereocenters. The minimum atomic E-state index is -1.26. The van der Waals surface area contributed by atoms with Crippen molar-refractivity contribution in [2.45, 2.75) is 24.4 Å². The second-order valence-corrected chi connectivity index (χ2v) is 9.01. The molecule has 2 aromatic carbocycles. The van der Waals surface area contributed by atoms with E-state index < -0.39 is 35.2 Å². The van der Waals surface area contributed by atoms with Gasteiger partial charge in [-0.1, -0.05) is 54.1 Å². The Morgan fingerprint density at radius 2 is 1.83 bits per heavy atom. The van der Waals surface area contributed by atoms with Crippen molar-refractivity contribution in [1.29, 1.82) is 0 Å². The van der Waals surface area contributed by atoms with Crippen LogP contribution in [0.4, 0.5) is 0 Å². The lowest BCUT2D eigenvalue weighted by Gasteiger charge is -2.48. The Morgan fingerprint density at radius 3 is 2.37 bits per heavy atom. The lowest BCUT2D eigenvalue weighted by molar-refractivity contribution is -0.150. The highest BCUT2D eigenvalue weighted by Gasteiger charge is 2.54. The van der Waals surface area contributed by atoms with Crippen molar-refractivity contribution in [2.24, 2.45) is 5.73 Å². The Kier molecular flexibility index (Phi) is 9.43. The summed E-state index contributed by atoms with van der Waals surface area (Å²) in [6, 6.07) is 13.4. The first kappa shape index (κ1) is 27.9. The van der Waals surface area contributed by atoms with E-state index in [1.165, 1.54) is 30.8 Å². The number of nitrogens with two attached hydrogens (primary N) is 1. The Morgan fingerprint density at radius 1 is 1.17 bits per heavy atom. The third kappa shape index (κ3) is 6.20. The highest BCUT2D eigenvalue weighted by molar-refractivity contribution is 8.00. The number of rotatable bonds is 5. The highest BCUT2D eigenvalue weighted by atomic mass is 35.5. The van der Waals surface area contributed by atoms with E-state index in [2.05, 4.69) is 5.32 Å². The van der Waals surface area contributed by atoms with Gasteiger partial charge in [0.1, 0.15) is 28.9 Å². The molecule has 0 saturated carbocycles. The first-order chi connectivity index (χ1) is 16.1. The molecule has 2 aliphatic rings. The number of phenolic OH excluding ortho intramolecular Hbond substituents is 1. The van der Waals surface area contributed by atoms with E-state index in [0.29, 0.717) is 11.1 Å². The number of aliphatic carboxylic acids is 1. The summed E-state index contributed by atoms with van der Waals surface area (Å²) in [7, 11) is 0. The number of hydrogen-bond donors (Lipinski definition) is 4. The third-order valence-electron chi connectivity index (χ3n) is 5.12. The number of carboxylic acids is 1. The van der Waals surface area contributed by atoms with Crippen LogP contribution in [0.2, 0.25) is 0 Å². The summed E-state index contributed by atoms with van der Waals surface area (Å²) in [5.74, 6) is -1.88. The van der Waals surface area contributed by atoms with Gasteiger partial charge in [-0.25, -0.2) is 4.79 Å². The highest BCUT2D eigenvalue weighted by Crippen LogP contribution is 2.41. The molecule has 0 radical (unpaired) electrons. The third-order valence-corrected chi connectivity index (χ3v) is 6.87. The van der Waals surface area contributed by atoms with E-state index in [1.807, 2.05) is 6.07 Å². The number of carboxylic acid groups (broad SMARTS) is 1. The van der Waals surface area contributed by atoms with Gasteiger partial charge >= 0.3 is 5.97 Å². The van der Waals surface area contributed by atoms with E-state index in [1.54, 1.807) is 36.4 Å². The van der Waals surface area contributed by atoms with Gasteiger partial charge in [0, 0.05) is 11.3 Å². The molecule has 0 aliphatic carbocycles. The van der Waals surface area contributed by atoms with Crippen LogP contribution in [0.5, 0.6) is 5.75 Å². The van der Waals surface area contributed by atoms with Gasteiger partial charge in [-0.3, -0.25) is 19.3 Å². The number of amides is 2. The van der Waals surface area contributed by atoms with Gasteiger partial charge in [-0.2, -0.15) is 0 Å². The topological polar surface area (TPSA) is 182 Å². The Balaban J connectivity index is 0.000000332. The minimum absolute atomic E-state index is 0. The molecular formula is C23H24ClN3O7S. The van der Waals surface area contributed by atoms with E-state index in [0.717, 1.165) is 4.90 Å². The van der Waals surface area contributed by atoms with Gasteiger partial charge in [0.25, 0.3) is 5.91 Å². The first-order valence-electron chi connectivity index (χ1n) is 10.1. The summed E-state index contributed by atoms with van der Waals surface area (Å²) in [5.41, 5.74) is 6.86. The molecule has 2 heterocycles. The smallest absolute Gasteiger partial charge is 0.353 e. The molecule has 2 amide bonds. The molecule has 0 bridgehead atoms. The largest absolute Gasteiger partial charge is 0.508 e. The molecule has 12 heteroatoms. The lowest BCUT2D eigenvalue weighted by Crippen LogP contribution is -2.70. The van der Waals surface area contributed by atoms with Crippen LogP contribution in [0.15, 0.2) is 65.3 Å². The van der Waals surface area contributed by atoms with Gasteiger partial charge in [0.05, 0.1) is 5.03 Å². The second kappa shape index (κ2) is 11.8. The number of hydrogen-bond acceptors (Lipinski definition) is 7. The predicted octanol–water partition coefficient (Wildman–Crippen LogP) is 1.39. The van der Waals surface area contributed by atoms with E-state index in [-0.39, 0.29) is 33.5 Å². The normalized spacial score (nSPS) is 19.2. The zero-order chi connectivity index (χ0) is 25.0. The summed E-state index contributed by atoms with van der Waals surface area (Å²) < 4.78 is 0. The fourth-order valence-corrected chi connectivity index (χ4v) is 4.91. The molecule has 0 spiro atoms. The molecule has 7 N–H and O–H groups in total. The van der Waals surface area contributed by atoms with Crippen LogP contribution < -0.4 is 11.1 Å². The van der Waals surface area contributed by atoms with Crippen LogP contribution in [0.3, 0.4) is 0 Å². The maximum Gasteiger partial charge on any atom is 0.353 e. The summed E-state index contributed by atoms with van der Waals surface area (Å²) in [6.07, 6.45) is 0. The molecule has 1 saturated heterocycles. The fourth-order valence-electron chi connectivity index (χ4n) is 3.36. The minimum Gasteiger partial charge on any atom is -0.508 e. The number of halogens is 1. The lowest BCUT2D eigenvalue weighted by atomic mass is 10.0. The molecule has 35 heavy (non-hydrogen) atoms. The standard InChI is InChI=1S/C15H14ClN3O4S.C8H8O2.H2O/c16-8-6-24-14-10(13(21)19(14)11(8)15(22)23)18-12(20)9(17)7-4-2-1-3-5-7;1-6(9)7-3-2-4-8(10)5-7;/h1-5,9-10,14H,6,17H2,(H,18,20)(H,22,23);2-5,10H,1H3;1H2/t9-,10-,14-;;/m1../s1. The molecular weight excluding hydrogens is 498 g/mol. The van der Waals surface area contributed by atoms with E-state index in [9.17, 15) is 24.3 Å². The Bertz CT molecular complexity index is 1160. The summed E-state index contributed by atoms with van der Waals surface area (Å²) in [4.78, 5) is 47.6. The van der Waals surface area contributed by atoms with Crippen LogP contribution in [-0.2, 0) is 14.4 Å². The monoisotopic (exact) mass is 521 g/mol. The van der Waals surface area contributed by atoms with Gasteiger partial charge in [-0.15, -0.1) is 11.8 Å². The quantitative estimate of drug-likeness (QED) is 0.336. The van der Waals surface area contributed by atoms with Crippen molar-refractivity contribution >= 4 is 46.9 Å². The number of phenols is 1. The van der Waals surface area contributed by atoms with Gasteiger partial charge in [0.2, 0.25) is 5.91 Å². The number of thioether (sulfide) groups is 1. The number of fused-ring (bicyclic) bond motifs is 1. The molecule has 10 nitrogen and oxygen atoms in total. The maximum absolute atomic E-state index is 12.3. The predicted molar refractivity (Wildman–Crippen MR) is 131 cm³/mol. The number of ketones is 1. The van der Waals surface area contributed by atoms with Crippen molar-refractivity contribution in [1.82, 2.24) is 10.2 Å². The molecule has 3 atom stereocenters. The molecule has 186 valence electrons. The van der Waals surface area contributed by atoms with Crippen molar-refractivity contribution in [3.8, 4) is 5.75 Å². The average Bonchev–Trinajstić information content (AvgIpc) is 2.82. The summed E-state index contributed by atoms with van der Waals surface area (Å²) in [5, 5.41) is 20.3. The number of Topliss-reactive ketones (excluding diaryl/α,β-unsaturated/α-hetero) is 1. The second-order valence-electron chi connectivity index (χ2n) is 7.45. The molecule has 2 aromatic rings. The Labute approximate surface area is 210 Å².